The maximum atomic E-state index is 11.3. The fraction of sp³-hybridized carbons (Fsp3) is 0.500. The minimum absolute atomic E-state index is 0.145. The van der Waals surface area contributed by atoms with E-state index in [9.17, 15) is 9.59 Å². The Balaban J connectivity index is 2.13. The van der Waals surface area contributed by atoms with Crippen molar-refractivity contribution in [2.45, 2.75) is 19.8 Å². The van der Waals surface area contributed by atoms with Gasteiger partial charge in [0.05, 0.1) is 19.4 Å². The lowest BCUT2D eigenvalue weighted by Crippen LogP contribution is -2.28. The van der Waals surface area contributed by atoms with Crippen molar-refractivity contribution in [3.8, 4) is 0 Å². The Morgan fingerprint density at radius 3 is 3.00 bits per heavy atom. The van der Waals surface area contributed by atoms with E-state index in [1.54, 1.807) is 19.2 Å². The molecular formula is C10H15N3O3. The number of H-pyrrole nitrogens is 1. The van der Waals surface area contributed by atoms with E-state index in [0.29, 0.717) is 13.2 Å². The molecule has 0 aliphatic rings. The van der Waals surface area contributed by atoms with Crippen molar-refractivity contribution in [1.82, 2.24) is 15.5 Å². The quantitative estimate of drug-likeness (QED) is 0.668. The summed E-state index contributed by atoms with van der Waals surface area (Å²) in [5.74, 6) is -0.446. The lowest BCUT2D eigenvalue weighted by Gasteiger charge is -2.03. The van der Waals surface area contributed by atoms with Crippen LogP contribution < -0.4 is 5.32 Å². The summed E-state index contributed by atoms with van der Waals surface area (Å²) in [6.45, 7) is 2.40. The number of amides is 1. The fourth-order valence-electron chi connectivity index (χ4n) is 1.16. The molecule has 6 nitrogen and oxygen atoms in total. The number of nitrogens with zero attached hydrogens (tertiary/aromatic N) is 1. The molecule has 0 aliphatic heterocycles. The normalized spacial score (nSPS) is 9.81. The van der Waals surface area contributed by atoms with Gasteiger partial charge in [-0.25, -0.2) is 0 Å². The molecule has 2 N–H and O–H groups in total. The van der Waals surface area contributed by atoms with Gasteiger partial charge >= 0.3 is 5.97 Å². The van der Waals surface area contributed by atoms with Crippen molar-refractivity contribution in [2.24, 2.45) is 0 Å². The third-order valence-corrected chi connectivity index (χ3v) is 1.87. The summed E-state index contributed by atoms with van der Waals surface area (Å²) in [5.41, 5.74) is 0.744. The molecule has 1 aromatic rings. The van der Waals surface area contributed by atoms with Crippen LogP contribution in [0.1, 0.15) is 19.0 Å². The van der Waals surface area contributed by atoms with E-state index in [-0.39, 0.29) is 24.7 Å². The Kier molecular flexibility index (Phi) is 5.04. The average molecular weight is 225 g/mol. The smallest absolute Gasteiger partial charge is 0.307 e. The number of aromatic amines is 1. The molecule has 0 aromatic carbocycles. The summed E-state index contributed by atoms with van der Waals surface area (Å²) < 4.78 is 4.72. The van der Waals surface area contributed by atoms with Crippen LogP contribution in [0, 0.1) is 0 Å². The number of hydrogen-bond acceptors (Lipinski definition) is 4. The second kappa shape index (κ2) is 6.60. The zero-order valence-corrected chi connectivity index (χ0v) is 9.16. The molecular weight excluding hydrogens is 210 g/mol. The van der Waals surface area contributed by atoms with Crippen LogP contribution in [-0.2, 0) is 20.7 Å². The first-order valence-electron chi connectivity index (χ1n) is 5.13. The van der Waals surface area contributed by atoms with Gasteiger partial charge in [0, 0.05) is 18.4 Å². The standard InChI is InChI=1S/C10H15N3O3/c1-2-16-10(15)4-5-11-9(14)7-8-3-6-12-13-8/h3,6H,2,4-5,7H2,1H3,(H,11,14)(H,12,13). The first kappa shape index (κ1) is 12.2. The third kappa shape index (κ3) is 4.59. The number of carbonyl (C=O) groups excluding carboxylic acids is 2. The second-order valence-electron chi connectivity index (χ2n) is 3.16. The highest BCUT2D eigenvalue weighted by molar-refractivity contribution is 5.78. The Hall–Kier alpha value is -1.85. The highest BCUT2D eigenvalue weighted by Gasteiger charge is 2.05. The third-order valence-electron chi connectivity index (χ3n) is 1.87. The molecule has 0 unspecified atom stereocenters. The molecule has 0 aliphatic carbocycles. The van der Waals surface area contributed by atoms with Crippen molar-refractivity contribution >= 4 is 11.9 Å². The molecule has 1 rings (SSSR count). The Morgan fingerprint density at radius 2 is 2.38 bits per heavy atom. The molecule has 1 amide bonds. The topological polar surface area (TPSA) is 84.1 Å². The fourth-order valence-corrected chi connectivity index (χ4v) is 1.16. The van der Waals surface area contributed by atoms with E-state index in [0.717, 1.165) is 5.69 Å². The molecule has 0 fully saturated rings. The highest BCUT2D eigenvalue weighted by atomic mass is 16.5. The van der Waals surface area contributed by atoms with Crippen LogP contribution >= 0.6 is 0 Å². The predicted octanol–water partition coefficient (Wildman–Crippen LogP) is 0.0216. The number of nitrogens with one attached hydrogen (secondary N) is 2. The maximum absolute atomic E-state index is 11.3. The molecule has 0 saturated heterocycles. The number of carbonyl (C=O) groups is 2. The lowest BCUT2D eigenvalue weighted by atomic mass is 10.3. The zero-order valence-electron chi connectivity index (χ0n) is 9.16. The van der Waals surface area contributed by atoms with E-state index in [2.05, 4.69) is 15.5 Å². The van der Waals surface area contributed by atoms with Gasteiger partial charge in [-0.3, -0.25) is 14.7 Å². The number of ether oxygens (including phenoxy) is 1. The Morgan fingerprint density at radius 1 is 1.56 bits per heavy atom. The van der Waals surface area contributed by atoms with Gasteiger partial charge in [-0.05, 0) is 13.0 Å². The van der Waals surface area contributed by atoms with Crippen LogP contribution in [0.25, 0.3) is 0 Å². The molecule has 1 heterocycles. The summed E-state index contributed by atoms with van der Waals surface area (Å²) in [6, 6.07) is 1.73. The molecule has 16 heavy (non-hydrogen) atoms. The summed E-state index contributed by atoms with van der Waals surface area (Å²) in [5, 5.41) is 9.04. The molecule has 88 valence electrons. The predicted molar refractivity (Wildman–Crippen MR) is 56.6 cm³/mol. The van der Waals surface area contributed by atoms with Crippen LogP contribution in [0.15, 0.2) is 12.3 Å². The summed E-state index contributed by atoms with van der Waals surface area (Å²) in [6.07, 6.45) is 2.02. The van der Waals surface area contributed by atoms with E-state index in [4.69, 9.17) is 4.74 Å². The van der Waals surface area contributed by atoms with Gasteiger partial charge in [-0.1, -0.05) is 0 Å². The van der Waals surface area contributed by atoms with E-state index < -0.39 is 0 Å². The lowest BCUT2D eigenvalue weighted by molar-refractivity contribution is -0.143. The number of esters is 1. The Labute approximate surface area is 93.4 Å². The maximum Gasteiger partial charge on any atom is 0.307 e. The first-order valence-corrected chi connectivity index (χ1v) is 5.13. The van der Waals surface area contributed by atoms with Gasteiger partial charge in [-0.15, -0.1) is 0 Å². The summed E-state index contributed by atoms with van der Waals surface area (Å²) in [4.78, 5) is 22.3. The largest absolute Gasteiger partial charge is 0.466 e. The molecule has 0 atom stereocenters. The van der Waals surface area contributed by atoms with Crippen molar-refractivity contribution in [3.05, 3.63) is 18.0 Å². The molecule has 0 saturated carbocycles. The molecule has 0 radical (unpaired) electrons. The number of hydrogen-bond donors (Lipinski definition) is 2. The van der Waals surface area contributed by atoms with Gasteiger partial charge in [0.25, 0.3) is 0 Å². The van der Waals surface area contributed by atoms with Crippen molar-refractivity contribution in [3.63, 3.8) is 0 Å². The van der Waals surface area contributed by atoms with Gasteiger partial charge in [0.15, 0.2) is 0 Å². The van der Waals surface area contributed by atoms with Crippen LogP contribution in [0.5, 0.6) is 0 Å². The molecule has 1 aromatic heterocycles. The van der Waals surface area contributed by atoms with Crippen molar-refractivity contribution in [2.75, 3.05) is 13.2 Å². The molecule has 6 heteroatoms. The van der Waals surface area contributed by atoms with Gasteiger partial charge in [-0.2, -0.15) is 5.10 Å². The first-order chi connectivity index (χ1) is 7.72. The summed E-state index contributed by atoms with van der Waals surface area (Å²) >= 11 is 0. The minimum atomic E-state index is -0.302. The molecule has 0 bridgehead atoms. The zero-order chi connectivity index (χ0) is 11.8. The SMILES string of the molecule is CCOC(=O)CCNC(=O)Cc1ccn[nH]1. The van der Waals surface area contributed by atoms with Crippen molar-refractivity contribution < 1.29 is 14.3 Å². The van der Waals surface area contributed by atoms with Gasteiger partial charge < -0.3 is 10.1 Å². The van der Waals surface area contributed by atoms with Crippen LogP contribution in [0.4, 0.5) is 0 Å². The van der Waals surface area contributed by atoms with Gasteiger partial charge in [0.1, 0.15) is 0 Å². The van der Waals surface area contributed by atoms with Crippen LogP contribution in [-0.4, -0.2) is 35.2 Å². The summed E-state index contributed by atoms with van der Waals surface area (Å²) in [7, 11) is 0. The second-order valence-corrected chi connectivity index (χ2v) is 3.16. The van der Waals surface area contributed by atoms with E-state index >= 15 is 0 Å². The van der Waals surface area contributed by atoms with Gasteiger partial charge in [0.2, 0.25) is 5.91 Å². The van der Waals surface area contributed by atoms with E-state index in [1.807, 2.05) is 0 Å². The van der Waals surface area contributed by atoms with Crippen LogP contribution in [0.3, 0.4) is 0 Å². The number of aromatic nitrogens is 2. The van der Waals surface area contributed by atoms with E-state index in [1.165, 1.54) is 0 Å². The highest BCUT2D eigenvalue weighted by Crippen LogP contribution is 1.92. The number of rotatable bonds is 6. The molecule has 0 spiro atoms. The van der Waals surface area contributed by atoms with Crippen LogP contribution in [0.2, 0.25) is 0 Å². The average Bonchev–Trinajstić information content (AvgIpc) is 2.70. The monoisotopic (exact) mass is 225 g/mol. The Bertz CT molecular complexity index is 335. The minimum Gasteiger partial charge on any atom is -0.466 e. The van der Waals surface area contributed by atoms with Crippen molar-refractivity contribution in [1.29, 1.82) is 0 Å².